The average molecular weight is 477 g/mol. The molecule has 3 aromatic rings. The third kappa shape index (κ3) is 6.20. The molecule has 0 unspecified atom stereocenters. The first kappa shape index (κ1) is 24.9. The molecule has 176 valence electrons. The zero-order valence-electron chi connectivity index (χ0n) is 19.9. The predicted octanol–water partition coefficient (Wildman–Crippen LogP) is 5.23. The molecule has 0 radical (unpaired) electrons. The van der Waals surface area contributed by atoms with Crippen molar-refractivity contribution in [3.63, 3.8) is 0 Å². The van der Waals surface area contributed by atoms with Gasteiger partial charge in [-0.1, -0.05) is 18.2 Å². The lowest BCUT2D eigenvalue weighted by Gasteiger charge is -2.11. The van der Waals surface area contributed by atoms with E-state index in [1.165, 1.54) is 35.4 Å². The lowest BCUT2D eigenvalue weighted by Crippen LogP contribution is -2.14. The molecule has 0 heterocycles. The van der Waals surface area contributed by atoms with Crippen molar-refractivity contribution in [3.8, 4) is 0 Å². The van der Waals surface area contributed by atoms with Gasteiger partial charge in [-0.05, 0) is 98.0 Å². The summed E-state index contributed by atoms with van der Waals surface area (Å²) in [4.78, 5) is 25.1. The minimum atomic E-state index is -3.41. The van der Waals surface area contributed by atoms with Gasteiger partial charge in [0, 0.05) is 29.3 Å². The van der Waals surface area contributed by atoms with Gasteiger partial charge in [-0.25, -0.2) is 8.42 Å². The molecule has 0 fully saturated rings. The maximum atomic E-state index is 12.6. The SMILES string of the molecule is Cc1cc(C)c(/C=C/C(=O)Nc2ccc(NC(=O)c3cccc(S(C)(=O)=O)c3)c(C)c2)cc1C. The summed E-state index contributed by atoms with van der Waals surface area (Å²) in [6, 6.07) is 15.2. The third-order valence-corrected chi connectivity index (χ3v) is 6.67. The molecule has 0 aliphatic heterocycles. The van der Waals surface area contributed by atoms with Gasteiger partial charge >= 0.3 is 0 Å². The Hall–Kier alpha value is -3.71. The molecule has 0 aromatic heterocycles. The zero-order chi connectivity index (χ0) is 25.0. The van der Waals surface area contributed by atoms with E-state index in [0.717, 1.165) is 22.9 Å². The van der Waals surface area contributed by atoms with Gasteiger partial charge in [0.2, 0.25) is 5.91 Å². The number of hydrogen-bond donors (Lipinski definition) is 2. The van der Waals surface area contributed by atoms with E-state index >= 15 is 0 Å². The van der Waals surface area contributed by atoms with Crippen LogP contribution in [0.2, 0.25) is 0 Å². The molecule has 6 nitrogen and oxygen atoms in total. The first-order valence-corrected chi connectivity index (χ1v) is 12.6. The van der Waals surface area contributed by atoms with Crippen LogP contribution in [0.5, 0.6) is 0 Å². The molecule has 0 aliphatic carbocycles. The number of nitrogens with one attached hydrogen (secondary N) is 2. The first-order valence-electron chi connectivity index (χ1n) is 10.7. The Labute approximate surface area is 200 Å². The number of amides is 2. The van der Waals surface area contributed by atoms with Gasteiger partial charge in [0.1, 0.15) is 0 Å². The van der Waals surface area contributed by atoms with Gasteiger partial charge in [-0.15, -0.1) is 0 Å². The quantitative estimate of drug-likeness (QED) is 0.477. The van der Waals surface area contributed by atoms with Crippen LogP contribution in [-0.4, -0.2) is 26.5 Å². The number of rotatable bonds is 6. The minimum Gasteiger partial charge on any atom is -0.323 e. The van der Waals surface area contributed by atoms with Gasteiger partial charge in [0.15, 0.2) is 9.84 Å². The molecule has 7 heteroatoms. The smallest absolute Gasteiger partial charge is 0.255 e. The van der Waals surface area contributed by atoms with E-state index in [-0.39, 0.29) is 16.4 Å². The molecular formula is C27H28N2O4S. The number of benzene rings is 3. The number of carbonyl (C=O) groups is 2. The van der Waals surface area contributed by atoms with Crippen molar-refractivity contribution in [2.45, 2.75) is 32.6 Å². The zero-order valence-corrected chi connectivity index (χ0v) is 20.7. The highest BCUT2D eigenvalue weighted by molar-refractivity contribution is 7.90. The first-order chi connectivity index (χ1) is 15.9. The highest BCUT2D eigenvalue weighted by Gasteiger charge is 2.13. The molecule has 0 spiro atoms. The summed E-state index contributed by atoms with van der Waals surface area (Å²) in [5, 5.41) is 5.62. The van der Waals surface area contributed by atoms with Crippen molar-refractivity contribution in [2.75, 3.05) is 16.9 Å². The van der Waals surface area contributed by atoms with E-state index in [1.807, 2.05) is 20.8 Å². The number of sulfone groups is 1. The van der Waals surface area contributed by atoms with Gasteiger partial charge in [-0.3, -0.25) is 9.59 Å². The Morgan fingerprint density at radius 1 is 0.794 bits per heavy atom. The fourth-order valence-corrected chi connectivity index (χ4v) is 4.12. The van der Waals surface area contributed by atoms with Crippen molar-refractivity contribution in [1.29, 1.82) is 0 Å². The van der Waals surface area contributed by atoms with E-state index in [2.05, 4.69) is 29.7 Å². The summed E-state index contributed by atoms with van der Waals surface area (Å²) in [5.74, 6) is -0.677. The van der Waals surface area contributed by atoms with Gasteiger partial charge in [0.05, 0.1) is 4.90 Å². The molecule has 3 rings (SSSR count). The Kier molecular flexibility index (Phi) is 7.37. The maximum absolute atomic E-state index is 12.6. The van der Waals surface area contributed by atoms with Crippen molar-refractivity contribution >= 4 is 39.1 Å². The van der Waals surface area contributed by atoms with Crippen molar-refractivity contribution < 1.29 is 18.0 Å². The van der Waals surface area contributed by atoms with Gasteiger partial charge in [-0.2, -0.15) is 0 Å². The summed E-state index contributed by atoms with van der Waals surface area (Å²) < 4.78 is 23.5. The van der Waals surface area contributed by atoms with E-state index in [1.54, 1.807) is 30.3 Å². The molecule has 0 saturated heterocycles. The molecule has 0 saturated carbocycles. The van der Waals surface area contributed by atoms with Crippen LogP contribution in [0.1, 0.15) is 38.2 Å². The van der Waals surface area contributed by atoms with Crippen LogP contribution in [0.4, 0.5) is 11.4 Å². The van der Waals surface area contributed by atoms with Crippen LogP contribution in [0.15, 0.2) is 65.6 Å². The highest BCUT2D eigenvalue weighted by Crippen LogP contribution is 2.22. The standard InChI is InChI=1S/C27H28N2O4S/c1-17-13-19(3)21(14-18(17)2)9-12-26(30)28-23-10-11-25(20(4)15-23)29-27(31)22-7-6-8-24(16-22)34(5,32)33/h6-16H,1-5H3,(H,28,30)(H,29,31)/b12-9+. The largest absolute Gasteiger partial charge is 0.323 e. The van der Waals surface area contributed by atoms with Crippen LogP contribution in [0.3, 0.4) is 0 Å². The van der Waals surface area contributed by atoms with Crippen LogP contribution >= 0.6 is 0 Å². The van der Waals surface area contributed by atoms with Crippen LogP contribution < -0.4 is 10.6 Å². The highest BCUT2D eigenvalue weighted by atomic mass is 32.2. The molecular weight excluding hydrogens is 448 g/mol. The number of anilines is 2. The third-order valence-electron chi connectivity index (χ3n) is 5.56. The predicted molar refractivity (Wildman–Crippen MR) is 137 cm³/mol. The Balaban J connectivity index is 1.69. The molecule has 2 N–H and O–H groups in total. The minimum absolute atomic E-state index is 0.0824. The average Bonchev–Trinajstić information content (AvgIpc) is 2.76. The molecule has 2 amide bonds. The Bertz CT molecular complexity index is 1410. The topological polar surface area (TPSA) is 92.3 Å². The Morgan fingerprint density at radius 3 is 2.18 bits per heavy atom. The second-order valence-electron chi connectivity index (χ2n) is 8.40. The fraction of sp³-hybridized carbons (Fsp3) is 0.185. The van der Waals surface area contributed by atoms with E-state index < -0.39 is 15.7 Å². The number of hydrogen-bond acceptors (Lipinski definition) is 4. The fourth-order valence-electron chi connectivity index (χ4n) is 3.46. The number of carbonyl (C=O) groups excluding carboxylic acids is 2. The molecule has 0 bridgehead atoms. The monoisotopic (exact) mass is 476 g/mol. The summed E-state index contributed by atoms with van der Waals surface area (Å²) in [7, 11) is -3.41. The van der Waals surface area contributed by atoms with Crippen molar-refractivity contribution in [1.82, 2.24) is 0 Å². The maximum Gasteiger partial charge on any atom is 0.255 e. The van der Waals surface area contributed by atoms with Crippen molar-refractivity contribution in [2.24, 2.45) is 0 Å². The van der Waals surface area contributed by atoms with Crippen molar-refractivity contribution in [3.05, 3.63) is 94.1 Å². The second kappa shape index (κ2) is 10.1. The van der Waals surface area contributed by atoms with E-state index in [9.17, 15) is 18.0 Å². The Morgan fingerprint density at radius 2 is 1.50 bits per heavy atom. The second-order valence-corrected chi connectivity index (χ2v) is 10.4. The lowest BCUT2D eigenvalue weighted by molar-refractivity contribution is -0.111. The summed E-state index contributed by atoms with van der Waals surface area (Å²) in [6.45, 7) is 7.92. The molecule has 34 heavy (non-hydrogen) atoms. The molecule has 0 atom stereocenters. The molecule has 0 aliphatic rings. The van der Waals surface area contributed by atoms with Crippen LogP contribution in [-0.2, 0) is 14.6 Å². The van der Waals surface area contributed by atoms with E-state index in [4.69, 9.17) is 0 Å². The van der Waals surface area contributed by atoms with Crippen LogP contribution in [0, 0.1) is 27.7 Å². The summed E-state index contributed by atoms with van der Waals surface area (Å²) >= 11 is 0. The molecule has 3 aromatic carbocycles. The lowest BCUT2D eigenvalue weighted by atomic mass is 10.0. The van der Waals surface area contributed by atoms with Gasteiger partial charge < -0.3 is 10.6 Å². The normalized spacial score (nSPS) is 11.4. The number of aryl methyl sites for hydroxylation is 4. The summed E-state index contributed by atoms with van der Waals surface area (Å²) in [6.07, 6.45) is 4.39. The van der Waals surface area contributed by atoms with E-state index in [0.29, 0.717) is 11.4 Å². The van der Waals surface area contributed by atoms with Gasteiger partial charge in [0.25, 0.3) is 5.91 Å². The summed E-state index contributed by atoms with van der Waals surface area (Å²) in [5.41, 5.74) is 6.63. The van der Waals surface area contributed by atoms with Crippen LogP contribution in [0.25, 0.3) is 6.08 Å².